The third-order valence-electron chi connectivity index (χ3n) is 3.34. The van der Waals surface area contributed by atoms with Crippen molar-refractivity contribution in [3.63, 3.8) is 0 Å². The predicted molar refractivity (Wildman–Crippen MR) is 81.4 cm³/mol. The molecule has 1 N–H and O–H groups in total. The molecule has 0 radical (unpaired) electrons. The quantitative estimate of drug-likeness (QED) is 0.475. The zero-order valence-electron chi connectivity index (χ0n) is 12.2. The number of carboxylic acids is 1. The van der Waals surface area contributed by atoms with E-state index in [1.165, 1.54) is 12.1 Å². The third-order valence-corrected chi connectivity index (χ3v) is 3.59. The van der Waals surface area contributed by atoms with Gasteiger partial charge in [-0.05, 0) is 37.5 Å². The summed E-state index contributed by atoms with van der Waals surface area (Å²) in [6.45, 7) is 7.44. The van der Waals surface area contributed by atoms with E-state index >= 15 is 0 Å². The van der Waals surface area contributed by atoms with Gasteiger partial charge in [-0.15, -0.1) is 0 Å². The molecular weight excluding hydrogens is 292 g/mol. The molecule has 5 heteroatoms. The molecule has 1 aromatic carbocycles. The van der Waals surface area contributed by atoms with Crippen molar-refractivity contribution in [2.75, 3.05) is 6.61 Å². The van der Waals surface area contributed by atoms with E-state index in [0.717, 1.165) is 0 Å². The van der Waals surface area contributed by atoms with E-state index in [4.69, 9.17) is 16.3 Å². The van der Waals surface area contributed by atoms with Gasteiger partial charge in [0, 0.05) is 5.02 Å². The number of benzene rings is 1. The summed E-state index contributed by atoms with van der Waals surface area (Å²) >= 11 is 5.83. The molecule has 0 fully saturated rings. The largest absolute Gasteiger partial charge is 0.480 e. The maximum atomic E-state index is 12.4. The van der Waals surface area contributed by atoms with Crippen LogP contribution in [0.1, 0.15) is 32.3 Å². The summed E-state index contributed by atoms with van der Waals surface area (Å²) in [5, 5.41) is 10.2. The van der Waals surface area contributed by atoms with Crippen molar-refractivity contribution in [3.8, 4) is 0 Å². The zero-order valence-corrected chi connectivity index (χ0v) is 12.9. The highest BCUT2D eigenvalue weighted by Gasteiger charge is 2.49. The van der Waals surface area contributed by atoms with Gasteiger partial charge < -0.3 is 9.84 Å². The fourth-order valence-electron chi connectivity index (χ4n) is 2.07. The molecule has 0 aromatic heterocycles. The minimum Gasteiger partial charge on any atom is -0.480 e. The van der Waals surface area contributed by atoms with Crippen LogP contribution in [0, 0.1) is 0 Å². The van der Waals surface area contributed by atoms with Crippen LogP contribution in [-0.2, 0) is 19.7 Å². The summed E-state index contributed by atoms with van der Waals surface area (Å²) in [6, 6.07) is 6.19. The van der Waals surface area contributed by atoms with Gasteiger partial charge >= 0.3 is 11.9 Å². The Bertz CT molecular complexity index is 536. The molecule has 0 saturated carbocycles. The fraction of sp³-hybridized carbons (Fsp3) is 0.375. The van der Waals surface area contributed by atoms with Crippen LogP contribution in [0.4, 0.5) is 0 Å². The number of hydrogen-bond acceptors (Lipinski definition) is 3. The van der Waals surface area contributed by atoms with E-state index < -0.39 is 17.4 Å². The van der Waals surface area contributed by atoms with Crippen LogP contribution in [0.5, 0.6) is 0 Å². The average molecular weight is 311 g/mol. The van der Waals surface area contributed by atoms with E-state index in [0.29, 0.717) is 22.6 Å². The molecule has 1 atom stereocenters. The van der Waals surface area contributed by atoms with Gasteiger partial charge in [-0.2, -0.15) is 0 Å². The first-order chi connectivity index (χ1) is 9.88. The van der Waals surface area contributed by atoms with E-state index in [2.05, 4.69) is 6.58 Å². The number of carbonyl (C=O) groups is 2. The number of hydrogen-bond donors (Lipinski definition) is 1. The molecule has 0 bridgehead atoms. The van der Waals surface area contributed by atoms with Gasteiger partial charge in [0.1, 0.15) is 0 Å². The first-order valence-electron chi connectivity index (χ1n) is 6.71. The summed E-state index contributed by atoms with van der Waals surface area (Å²) in [7, 11) is 0. The molecule has 0 aliphatic carbocycles. The first-order valence-corrected chi connectivity index (χ1v) is 7.09. The van der Waals surface area contributed by atoms with Crippen molar-refractivity contribution in [3.05, 3.63) is 47.0 Å². The second-order valence-electron chi connectivity index (χ2n) is 4.72. The van der Waals surface area contributed by atoms with Gasteiger partial charge in [0.15, 0.2) is 5.41 Å². The van der Waals surface area contributed by atoms with Crippen LogP contribution >= 0.6 is 11.6 Å². The smallest absolute Gasteiger partial charge is 0.328 e. The van der Waals surface area contributed by atoms with Crippen LogP contribution < -0.4 is 0 Å². The zero-order chi connectivity index (χ0) is 16.0. The van der Waals surface area contributed by atoms with Crippen LogP contribution in [0.15, 0.2) is 36.4 Å². The first kappa shape index (κ1) is 17.2. The van der Waals surface area contributed by atoms with Crippen molar-refractivity contribution < 1.29 is 19.4 Å². The fourth-order valence-corrected chi connectivity index (χ4v) is 2.19. The molecule has 1 aromatic rings. The van der Waals surface area contributed by atoms with Gasteiger partial charge in [0.05, 0.1) is 6.61 Å². The van der Waals surface area contributed by atoms with Crippen molar-refractivity contribution >= 4 is 23.5 Å². The highest BCUT2D eigenvalue weighted by Crippen LogP contribution is 2.34. The summed E-state index contributed by atoms with van der Waals surface area (Å²) < 4.78 is 5.00. The molecule has 0 saturated heterocycles. The van der Waals surface area contributed by atoms with E-state index in [1.807, 2.05) is 6.92 Å². The third kappa shape index (κ3) is 3.64. The molecule has 1 rings (SSSR count). The molecule has 0 aliphatic rings. The molecular formula is C16H19ClO4. The monoisotopic (exact) mass is 310 g/mol. The highest BCUT2D eigenvalue weighted by atomic mass is 35.5. The molecule has 4 nitrogen and oxygen atoms in total. The molecule has 0 heterocycles. The Morgan fingerprint density at radius 2 is 1.86 bits per heavy atom. The number of carbonyl (C=O) groups excluding carboxylic acids is 1. The Kier molecular flexibility index (Phi) is 5.97. The normalized spacial score (nSPS) is 13.3. The minimum absolute atomic E-state index is 0.000695. The number of esters is 1. The lowest BCUT2D eigenvalue weighted by molar-refractivity contribution is -0.161. The van der Waals surface area contributed by atoms with Crippen LogP contribution in [-0.4, -0.2) is 23.7 Å². The number of halogens is 1. The summed E-state index contributed by atoms with van der Waals surface area (Å²) in [6.07, 6.45) is 0.585. The summed E-state index contributed by atoms with van der Waals surface area (Å²) in [4.78, 5) is 24.3. The standard InChI is InChI=1S/C16H19ClO4/c1-4-11(3)10-16(14(18)19,15(20)21-5-2)12-6-8-13(17)9-7-12/h6-9H,3-5,10H2,1-2H3,(H,18,19). The highest BCUT2D eigenvalue weighted by molar-refractivity contribution is 6.30. The minimum atomic E-state index is -1.78. The molecule has 0 aliphatic heterocycles. The number of ether oxygens (including phenoxy) is 1. The van der Waals surface area contributed by atoms with E-state index in [9.17, 15) is 14.7 Å². The van der Waals surface area contributed by atoms with E-state index in [1.54, 1.807) is 19.1 Å². The van der Waals surface area contributed by atoms with Crippen molar-refractivity contribution in [2.24, 2.45) is 0 Å². The lowest BCUT2D eigenvalue weighted by Crippen LogP contribution is -2.45. The number of allylic oxidation sites excluding steroid dienone is 1. The number of carboxylic acid groups (broad SMARTS) is 1. The van der Waals surface area contributed by atoms with Crippen molar-refractivity contribution in [1.82, 2.24) is 0 Å². The van der Waals surface area contributed by atoms with Crippen molar-refractivity contribution in [1.29, 1.82) is 0 Å². The molecule has 0 amide bonds. The maximum Gasteiger partial charge on any atom is 0.328 e. The maximum absolute atomic E-state index is 12.4. The lowest BCUT2D eigenvalue weighted by atomic mass is 9.75. The Balaban J connectivity index is 3.42. The molecule has 21 heavy (non-hydrogen) atoms. The van der Waals surface area contributed by atoms with Gasteiger partial charge in [0.2, 0.25) is 0 Å². The summed E-state index contributed by atoms with van der Waals surface area (Å²) in [5.74, 6) is -2.03. The van der Waals surface area contributed by atoms with Crippen LogP contribution in [0.2, 0.25) is 5.02 Å². The Morgan fingerprint density at radius 3 is 2.29 bits per heavy atom. The predicted octanol–water partition coefficient (Wildman–Crippen LogP) is 3.58. The van der Waals surface area contributed by atoms with Gasteiger partial charge in [-0.3, -0.25) is 9.59 Å². The number of rotatable bonds is 7. The lowest BCUT2D eigenvalue weighted by Gasteiger charge is -2.28. The Hall–Kier alpha value is -1.81. The topological polar surface area (TPSA) is 63.6 Å². The second kappa shape index (κ2) is 7.27. The van der Waals surface area contributed by atoms with Crippen LogP contribution in [0.3, 0.4) is 0 Å². The average Bonchev–Trinajstić information content (AvgIpc) is 2.45. The Morgan fingerprint density at radius 1 is 1.29 bits per heavy atom. The number of aliphatic carboxylic acids is 1. The van der Waals surface area contributed by atoms with Crippen LogP contribution in [0.25, 0.3) is 0 Å². The Labute approximate surface area is 129 Å². The van der Waals surface area contributed by atoms with Crippen molar-refractivity contribution in [2.45, 2.75) is 32.1 Å². The molecule has 114 valence electrons. The van der Waals surface area contributed by atoms with Gasteiger partial charge in [-0.25, -0.2) is 0 Å². The van der Waals surface area contributed by atoms with Gasteiger partial charge in [-0.1, -0.05) is 42.8 Å². The second-order valence-corrected chi connectivity index (χ2v) is 5.15. The summed E-state index contributed by atoms with van der Waals surface area (Å²) in [5.41, 5.74) is -0.777. The molecule has 1 unspecified atom stereocenters. The van der Waals surface area contributed by atoms with Gasteiger partial charge in [0.25, 0.3) is 0 Å². The molecule has 0 spiro atoms. The van der Waals surface area contributed by atoms with E-state index in [-0.39, 0.29) is 13.0 Å². The SMILES string of the molecule is C=C(CC)CC(C(=O)O)(C(=O)OCC)c1ccc(Cl)cc1.